The van der Waals surface area contributed by atoms with E-state index in [2.05, 4.69) is 14.9 Å². The summed E-state index contributed by atoms with van der Waals surface area (Å²) in [7, 11) is -3.71. The minimum atomic E-state index is -3.71. The van der Waals surface area contributed by atoms with Crippen molar-refractivity contribution in [3.05, 3.63) is 71.4 Å². The first kappa shape index (κ1) is 16.6. The molecular weight excluding hydrogens is 366 g/mol. The smallest absolute Gasteiger partial charge is 0.255 e. The molecule has 0 saturated carbocycles. The molecule has 0 spiro atoms. The Kier molecular flexibility index (Phi) is 4.94. The molecule has 8 heteroatoms. The quantitative estimate of drug-likeness (QED) is 0.543. The number of pyridine rings is 1. The fraction of sp³-hybridized carbons (Fsp3) is 0. The van der Waals surface area contributed by atoms with Gasteiger partial charge in [-0.25, -0.2) is 0 Å². The summed E-state index contributed by atoms with van der Waals surface area (Å²) in [6.45, 7) is 0. The number of benzene rings is 1. The average molecular weight is 378 g/mol. The normalized spacial score (nSPS) is 11.7. The van der Waals surface area contributed by atoms with Crippen LogP contribution in [0.5, 0.6) is 0 Å². The number of sulfonamides is 1. The van der Waals surface area contributed by atoms with Crippen LogP contribution in [-0.2, 0) is 10.0 Å². The van der Waals surface area contributed by atoms with E-state index in [1.165, 1.54) is 12.3 Å². The third-order valence-corrected chi connectivity index (χ3v) is 6.09. The lowest BCUT2D eigenvalue weighted by Crippen LogP contribution is -2.17. The Morgan fingerprint density at radius 3 is 2.58 bits per heavy atom. The summed E-state index contributed by atoms with van der Waals surface area (Å²) in [5.41, 5.74) is 1.47. The zero-order valence-electron chi connectivity index (χ0n) is 12.3. The molecule has 3 aromatic rings. The van der Waals surface area contributed by atoms with E-state index in [4.69, 9.17) is 11.6 Å². The summed E-state index contributed by atoms with van der Waals surface area (Å²) in [5, 5.41) is 4.39. The van der Waals surface area contributed by atoms with Crippen LogP contribution in [0, 0.1) is 0 Å². The molecule has 0 aliphatic carbocycles. The van der Waals surface area contributed by atoms with Crippen molar-refractivity contribution >= 4 is 39.2 Å². The highest BCUT2D eigenvalue weighted by atomic mass is 35.5. The van der Waals surface area contributed by atoms with Gasteiger partial charge in [0.1, 0.15) is 4.21 Å². The topological polar surface area (TPSA) is 71.4 Å². The average Bonchev–Trinajstić information content (AvgIpc) is 3.08. The molecular formula is C16H12ClN3O2S2. The van der Waals surface area contributed by atoms with Crippen molar-refractivity contribution in [1.82, 2.24) is 9.82 Å². The first-order valence-electron chi connectivity index (χ1n) is 6.86. The van der Waals surface area contributed by atoms with Gasteiger partial charge < -0.3 is 0 Å². The van der Waals surface area contributed by atoms with Gasteiger partial charge in [-0.1, -0.05) is 29.8 Å². The lowest BCUT2D eigenvalue weighted by atomic mass is 10.2. The number of aromatic nitrogens is 1. The van der Waals surface area contributed by atoms with Crippen molar-refractivity contribution in [2.75, 3.05) is 0 Å². The number of hydrogen-bond donors (Lipinski definition) is 1. The van der Waals surface area contributed by atoms with E-state index < -0.39 is 10.0 Å². The van der Waals surface area contributed by atoms with Gasteiger partial charge in [-0.3, -0.25) is 4.98 Å². The number of halogens is 1. The van der Waals surface area contributed by atoms with E-state index in [1.807, 2.05) is 18.2 Å². The molecule has 0 unspecified atom stereocenters. The highest BCUT2D eigenvalue weighted by Gasteiger charge is 2.16. The van der Waals surface area contributed by atoms with Gasteiger partial charge in [0, 0.05) is 11.2 Å². The molecule has 1 N–H and O–H groups in total. The molecule has 1 aromatic carbocycles. The van der Waals surface area contributed by atoms with Crippen LogP contribution in [0.2, 0.25) is 5.02 Å². The highest BCUT2D eigenvalue weighted by molar-refractivity contribution is 7.91. The molecule has 2 aromatic heterocycles. The summed E-state index contributed by atoms with van der Waals surface area (Å²) in [6.07, 6.45) is 3.08. The van der Waals surface area contributed by atoms with Crippen LogP contribution < -0.4 is 4.83 Å². The number of nitrogens with zero attached hydrogens (tertiary/aromatic N) is 2. The number of nitrogens with one attached hydrogen (secondary N) is 1. The standard InChI is InChI=1S/C16H12ClN3O2S2/c17-13-6-4-12(5-7-13)11-19-20-24(21,22)16-9-8-15(23-16)14-3-1-2-10-18-14/h1-11,20H/b19-11+. The van der Waals surface area contributed by atoms with E-state index in [0.29, 0.717) is 5.02 Å². The second-order valence-corrected chi connectivity index (χ2v) is 8.15. The first-order valence-corrected chi connectivity index (χ1v) is 9.54. The predicted molar refractivity (Wildman–Crippen MR) is 96.9 cm³/mol. The van der Waals surface area contributed by atoms with Crippen LogP contribution in [-0.4, -0.2) is 19.6 Å². The lowest BCUT2D eigenvalue weighted by Gasteiger charge is -2.00. The van der Waals surface area contributed by atoms with Gasteiger partial charge in [0.25, 0.3) is 10.0 Å². The summed E-state index contributed by atoms with van der Waals surface area (Å²) in [5.74, 6) is 0. The monoisotopic (exact) mass is 377 g/mol. The van der Waals surface area contributed by atoms with Crippen molar-refractivity contribution < 1.29 is 8.42 Å². The van der Waals surface area contributed by atoms with E-state index >= 15 is 0 Å². The van der Waals surface area contributed by atoms with Crippen LogP contribution in [0.4, 0.5) is 0 Å². The first-order chi connectivity index (χ1) is 11.5. The lowest BCUT2D eigenvalue weighted by molar-refractivity contribution is 0.587. The van der Waals surface area contributed by atoms with Gasteiger partial charge in [0.2, 0.25) is 0 Å². The van der Waals surface area contributed by atoms with Gasteiger partial charge in [0.05, 0.1) is 16.8 Å². The number of hydrazone groups is 1. The van der Waals surface area contributed by atoms with E-state index in [9.17, 15) is 8.42 Å². The maximum Gasteiger partial charge on any atom is 0.286 e. The molecule has 0 saturated heterocycles. The molecule has 0 aliphatic rings. The Labute approximate surface area is 148 Å². The zero-order valence-corrected chi connectivity index (χ0v) is 14.6. The number of rotatable bonds is 5. The number of thiophene rings is 1. The Hall–Kier alpha value is -2.22. The molecule has 0 atom stereocenters. The van der Waals surface area contributed by atoms with Gasteiger partial charge in [-0.05, 0) is 42.0 Å². The second kappa shape index (κ2) is 7.12. The zero-order chi connectivity index (χ0) is 17.0. The van der Waals surface area contributed by atoms with Crippen LogP contribution in [0.1, 0.15) is 5.56 Å². The maximum absolute atomic E-state index is 12.3. The third-order valence-electron chi connectivity index (χ3n) is 3.02. The number of hydrogen-bond acceptors (Lipinski definition) is 5. The molecule has 0 aliphatic heterocycles. The summed E-state index contributed by atoms with van der Waals surface area (Å²) in [6, 6.07) is 15.6. The van der Waals surface area contributed by atoms with Gasteiger partial charge in [-0.2, -0.15) is 18.4 Å². The molecule has 122 valence electrons. The van der Waals surface area contributed by atoms with Crippen LogP contribution in [0.15, 0.2) is 70.1 Å². The Bertz CT molecular complexity index is 953. The summed E-state index contributed by atoms with van der Waals surface area (Å²) >= 11 is 6.93. The van der Waals surface area contributed by atoms with E-state index in [1.54, 1.807) is 36.5 Å². The Balaban J connectivity index is 1.74. The summed E-state index contributed by atoms with van der Waals surface area (Å²) < 4.78 is 24.7. The van der Waals surface area contributed by atoms with Crippen LogP contribution in [0.3, 0.4) is 0 Å². The van der Waals surface area contributed by atoms with E-state index in [-0.39, 0.29) is 4.21 Å². The highest BCUT2D eigenvalue weighted by Crippen LogP contribution is 2.29. The summed E-state index contributed by atoms with van der Waals surface area (Å²) in [4.78, 5) is 7.19. The fourth-order valence-electron chi connectivity index (χ4n) is 1.87. The van der Waals surface area contributed by atoms with Crippen molar-refractivity contribution in [3.63, 3.8) is 0 Å². The third kappa shape index (κ3) is 4.00. The minimum absolute atomic E-state index is 0.177. The molecule has 0 amide bonds. The van der Waals surface area contributed by atoms with Crippen LogP contribution >= 0.6 is 22.9 Å². The predicted octanol–water partition coefficient (Wildman–Crippen LogP) is 3.78. The second-order valence-electron chi connectivity index (χ2n) is 4.74. The van der Waals surface area contributed by atoms with Crippen molar-refractivity contribution in [2.45, 2.75) is 4.21 Å². The molecule has 0 bridgehead atoms. The fourth-order valence-corrected chi connectivity index (χ4v) is 4.06. The molecule has 0 radical (unpaired) electrons. The molecule has 2 heterocycles. The minimum Gasteiger partial charge on any atom is -0.255 e. The van der Waals surface area contributed by atoms with E-state index in [0.717, 1.165) is 27.5 Å². The Morgan fingerprint density at radius 1 is 1.08 bits per heavy atom. The SMILES string of the molecule is O=S(=O)(N/N=C/c1ccc(Cl)cc1)c1ccc(-c2ccccn2)s1. The van der Waals surface area contributed by atoms with Crippen LogP contribution in [0.25, 0.3) is 10.6 Å². The molecule has 0 fully saturated rings. The molecule has 24 heavy (non-hydrogen) atoms. The van der Waals surface area contributed by atoms with Gasteiger partial charge >= 0.3 is 0 Å². The molecule has 5 nitrogen and oxygen atoms in total. The van der Waals surface area contributed by atoms with Gasteiger partial charge in [0.15, 0.2) is 0 Å². The largest absolute Gasteiger partial charge is 0.286 e. The van der Waals surface area contributed by atoms with Crippen molar-refractivity contribution in [1.29, 1.82) is 0 Å². The van der Waals surface area contributed by atoms with Crippen molar-refractivity contribution in [2.24, 2.45) is 5.10 Å². The molecule has 3 rings (SSSR count). The van der Waals surface area contributed by atoms with Gasteiger partial charge in [-0.15, -0.1) is 11.3 Å². The van der Waals surface area contributed by atoms with Crippen molar-refractivity contribution in [3.8, 4) is 10.6 Å². The Morgan fingerprint density at radius 2 is 1.88 bits per heavy atom. The maximum atomic E-state index is 12.3.